The molecule has 1 atom stereocenters. The first-order valence-electron chi connectivity index (χ1n) is 7.20. The monoisotopic (exact) mass is 270 g/mol. The number of thioether (sulfide) groups is 1. The smallest absolute Gasteiger partial charge is 0.223 e. The van der Waals surface area contributed by atoms with E-state index in [0.29, 0.717) is 10.7 Å². The van der Waals surface area contributed by atoms with E-state index in [4.69, 9.17) is 0 Å². The number of rotatable bonds is 5. The summed E-state index contributed by atoms with van der Waals surface area (Å²) in [6.07, 6.45) is 8.70. The van der Waals surface area contributed by atoms with Crippen LogP contribution >= 0.6 is 11.8 Å². The van der Waals surface area contributed by atoms with Crippen LogP contribution in [-0.2, 0) is 4.79 Å². The Morgan fingerprint density at radius 3 is 2.56 bits per heavy atom. The van der Waals surface area contributed by atoms with Gasteiger partial charge in [-0.05, 0) is 38.1 Å². The van der Waals surface area contributed by atoms with Crippen molar-refractivity contribution in [2.75, 3.05) is 25.9 Å². The molecule has 1 aliphatic heterocycles. The second kappa shape index (κ2) is 6.29. The lowest BCUT2D eigenvalue weighted by atomic mass is 9.86. The second-order valence-corrected chi connectivity index (χ2v) is 7.15. The summed E-state index contributed by atoms with van der Waals surface area (Å²) in [6, 6.07) is 0. The molecular weight excluding hydrogens is 244 g/mol. The molecule has 0 bridgehead atoms. The number of carbonyl (C=O) groups excluding carboxylic acids is 1. The van der Waals surface area contributed by atoms with Crippen LogP contribution in [0.25, 0.3) is 0 Å². The van der Waals surface area contributed by atoms with Crippen LogP contribution in [0.2, 0.25) is 0 Å². The molecule has 3 nitrogen and oxygen atoms in total. The van der Waals surface area contributed by atoms with Gasteiger partial charge >= 0.3 is 0 Å². The van der Waals surface area contributed by atoms with Crippen molar-refractivity contribution < 1.29 is 4.79 Å². The molecule has 2 aliphatic rings. The fourth-order valence-corrected chi connectivity index (χ4v) is 3.85. The van der Waals surface area contributed by atoms with E-state index in [-0.39, 0.29) is 11.8 Å². The quantitative estimate of drug-likeness (QED) is 0.803. The van der Waals surface area contributed by atoms with Gasteiger partial charge in [0.05, 0.1) is 0 Å². The van der Waals surface area contributed by atoms with E-state index >= 15 is 0 Å². The average molecular weight is 270 g/mol. The van der Waals surface area contributed by atoms with Gasteiger partial charge in [-0.1, -0.05) is 26.2 Å². The Labute approximate surface area is 115 Å². The summed E-state index contributed by atoms with van der Waals surface area (Å²) in [5.41, 5.74) is 0. The molecule has 0 spiro atoms. The van der Waals surface area contributed by atoms with Crippen molar-refractivity contribution in [3.05, 3.63) is 0 Å². The fraction of sp³-hybridized carbons (Fsp3) is 0.929. The molecule has 0 radical (unpaired) electrons. The third-order valence-corrected chi connectivity index (χ3v) is 6.13. The van der Waals surface area contributed by atoms with Crippen LogP contribution < -0.4 is 10.6 Å². The van der Waals surface area contributed by atoms with Gasteiger partial charge in [0.15, 0.2) is 0 Å². The van der Waals surface area contributed by atoms with Gasteiger partial charge in [-0.25, -0.2) is 0 Å². The molecule has 18 heavy (non-hydrogen) atoms. The molecular formula is C14H26N2OS. The van der Waals surface area contributed by atoms with Gasteiger partial charge in [-0.3, -0.25) is 4.79 Å². The highest BCUT2D eigenvalue weighted by Crippen LogP contribution is 2.38. The van der Waals surface area contributed by atoms with Gasteiger partial charge in [-0.2, -0.15) is 11.8 Å². The molecule has 1 saturated heterocycles. The van der Waals surface area contributed by atoms with E-state index in [1.807, 2.05) is 11.8 Å². The zero-order valence-electron chi connectivity index (χ0n) is 11.6. The van der Waals surface area contributed by atoms with Gasteiger partial charge in [0.2, 0.25) is 5.91 Å². The van der Waals surface area contributed by atoms with Crippen molar-refractivity contribution in [3.63, 3.8) is 0 Å². The van der Waals surface area contributed by atoms with E-state index in [1.54, 1.807) is 0 Å². The molecule has 2 rings (SSSR count). The molecule has 2 N–H and O–H groups in total. The van der Waals surface area contributed by atoms with Crippen molar-refractivity contribution in [1.82, 2.24) is 10.6 Å². The van der Waals surface area contributed by atoms with Crippen molar-refractivity contribution in [2.24, 2.45) is 11.8 Å². The molecule has 1 unspecified atom stereocenters. The minimum Gasteiger partial charge on any atom is -0.354 e. The van der Waals surface area contributed by atoms with E-state index in [2.05, 4.69) is 23.8 Å². The lowest BCUT2D eigenvalue weighted by molar-refractivity contribution is -0.126. The van der Waals surface area contributed by atoms with Crippen molar-refractivity contribution >= 4 is 17.7 Å². The van der Waals surface area contributed by atoms with Gasteiger partial charge in [-0.15, -0.1) is 0 Å². The van der Waals surface area contributed by atoms with Gasteiger partial charge in [0.25, 0.3) is 0 Å². The maximum absolute atomic E-state index is 12.1. The van der Waals surface area contributed by atoms with Gasteiger partial charge in [0.1, 0.15) is 0 Å². The van der Waals surface area contributed by atoms with Crippen molar-refractivity contribution in [2.45, 2.75) is 43.8 Å². The van der Waals surface area contributed by atoms with Crippen LogP contribution in [0.3, 0.4) is 0 Å². The Bertz CT molecular complexity index is 286. The summed E-state index contributed by atoms with van der Waals surface area (Å²) in [4.78, 5) is 12.1. The predicted molar refractivity (Wildman–Crippen MR) is 77.9 cm³/mol. The maximum atomic E-state index is 12.1. The van der Waals surface area contributed by atoms with E-state index < -0.39 is 0 Å². The highest BCUT2D eigenvalue weighted by molar-refractivity contribution is 8.00. The van der Waals surface area contributed by atoms with Crippen LogP contribution in [0.5, 0.6) is 0 Å². The molecule has 2 fully saturated rings. The Kier molecular flexibility index (Phi) is 4.96. The van der Waals surface area contributed by atoms with Crippen LogP contribution in [0.15, 0.2) is 0 Å². The summed E-state index contributed by atoms with van der Waals surface area (Å²) >= 11 is 1.95. The number of amides is 1. The highest BCUT2D eigenvalue weighted by atomic mass is 32.2. The second-order valence-electron chi connectivity index (χ2n) is 5.87. The van der Waals surface area contributed by atoms with E-state index in [0.717, 1.165) is 19.6 Å². The third kappa shape index (κ3) is 3.21. The maximum Gasteiger partial charge on any atom is 0.223 e. The molecule has 4 heteroatoms. The fourth-order valence-electron chi connectivity index (χ4n) is 2.94. The first-order valence-corrected chi connectivity index (χ1v) is 8.43. The molecule has 0 aromatic rings. The molecule has 1 saturated carbocycles. The molecule has 1 amide bonds. The highest BCUT2D eigenvalue weighted by Gasteiger charge is 2.33. The normalized spacial score (nSPS) is 25.2. The van der Waals surface area contributed by atoms with Gasteiger partial charge < -0.3 is 10.6 Å². The predicted octanol–water partition coefficient (Wildman–Crippen LogP) is 2.02. The minimum atomic E-state index is 0.161. The average Bonchev–Trinajstić information content (AvgIpc) is 2.35. The molecule has 0 aromatic carbocycles. The summed E-state index contributed by atoms with van der Waals surface area (Å²) in [5.74, 6) is 0.954. The third-order valence-electron chi connectivity index (χ3n) is 4.72. The zero-order chi connectivity index (χ0) is 13.0. The van der Waals surface area contributed by atoms with Gasteiger partial charge in [0, 0.05) is 17.2 Å². The standard InChI is InChI=1S/C14H26N2OS/c1-11(12-8-15-9-12)13(17)16-10-14(18-2)6-4-3-5-7-14/h11-12,15H,3-10H2,1-2H3,(H,16,17). The molecule has 104 valence electrons. The first-order chi connectivity index (χ1) is 8.67. The molecule has 1 aliphatic carbocycles. The molecule has 1 heterocycles. The van der Waals surface area contributed by atoms with Crippen molar-refractivity contribution in [3.8, 4) is 0 Å². The summed E-state index contributed by atoms with van der Waals surface area (Å²) in [7, 11) is 0. The number of hydrogen-bond acceptors (Lipinski definition) is 3. The van der Waals surface area contributed by atoms with Crippen LogP contribution in [0.4, 0.5) is 0 Å². The Balaban J connectivity index is 1.79. The van der Waals surface area contributed by atoms with Crippen LogP contribution in [0, 0.1) is 11.8 Å². The lowest BCUT2D eigenvalue weighted by Gasteiger charge is -2.37. The summed E-state index contributed by atoms with van der Waals surface area (Å²) in [5, 5.41) is 6.44. The largest absolute Gasteiger partial charge is 0.354 e. The summed E-state index contributed by atoms with van der Waals surface area (Å²) < 4.78 is 0.311. The summed E-state index contributed by atoms with van der Waals surface area (Å²) in [6.45, 7) is 4.93. The number of hydrogen-bond donors (Lipinski definition) is 2. The zero-order valence-corrected chi connectivity index (χ0v) is 12.4. The Hall–Kier alpha value is -0.220. The Morgan fingerprint density at radius 1 is 1.39 bits per heavy atom. The SMILES string of the molecule is CSC1(CNC(=O)C(C)C2CNC2)CCCCC1. The number of carbonyl (C=O) groups is 1. The van der Waals surface area contributed by atoms with E-state index in [1.165, 1.54) is 32.1 Å². The minimum absolute atomic E-state index is 0.161. The number of nitrogens with one attached hydrogen (secondary N) is 2. The van der Waals surface area contributed by atoms with Crippen LogP contribution in [0.1, 0.15) is 39.0 Å². The Morgan fingerprint density at radius 2 is 2.06 bits per heavy atom. The lowest BCUT2D eigenvalue weighted by Crippen LogP contribution is -2.51. The first kappa shape index (κ1) is 14.2. The van der Waals surface area contributed by atoms with Crippen molar-refractivity contribution in [1.29, 1.82) is 0 Å². The topological polar surface area (TPSA) is 41.1 Å². The van der Waals surface area contributed by atoms with E-state index in [9.17, 15) is 4.79 Å². The van der Waals surface area contributed by atoms with Crippen LogP contribution in [-0.4, -0.2) is 36.5 Å². The molecule has 0 aromatic heterocycles.